The molecule has 1 aromatic carbocycles. The van der Waals surface area contributed by atoms with Crippen LogP contribution in [-0.4, -0.2) is 52.0 Å². The summed E-state index contributed by atoms with van der Waals surface area (Å²) in [7, 11) is 3.25. The van der Waals surface area contributed by atoms with E-state index in [0.717, 1.165) is 30.0 Å². The van der Waals surface area contributed by atoms with Gasteiger partial charge in [0.2, 0.25) is 0 Å². The third-order valence-electron chi connectivity index (χ3n) is 4.42. The van der Waals surface area contributed by atoms with Crippen LogP contribution in [0.25, 0.3) is 0 Å². The number of methoxy groups -OCH3 is 2. The Morgan fingerprint density at radius 1 is 1.24 bits per heavy atom. The maximum Gasteiger partial charge on any atom is 0.252 e. The van der Waals surface area contributed by atoms with E-state index < -0.39 is 5.60 Å². The maximum atomic E-state index is 12.6. The first-order valence-corrected chi connectivity index (χ1v) is 8.37. The van der Waals surface area contributed by atoms with Gasteiger partial charge in [-0.05, 0) is 44.5 Å². The minimum absolute atomic E-state index is 0. The Morgan fingerprint density at radius 3 is 2.60 bits per heavy atom. The number of halogens is 1. The standard InChI is InChI=1S/C18H28N2O4.ClH/c1-14-4-5-15(16(12-14)24-11-10-22-2)13-20-17(21)18(23-3)6-8-19-9-7-18;/h4-5,12,19H,6-11,13H2,1-3H3,(H,20,21);1H. The quantitative estimate of drug-likeness (QED) is 0.681. The fourth-order valence-corrected chi connectivity index (χ4v) is 2.87. The topological polar surface area (TPSA) is 68.8 Å². The molecule has 142 valence electrons. The van der Waals surface area contributed by atoms with Crippen molar-refractivity contribution in [3.05, 3.63) is 29.3 Å². The molecule has 7 heteroatoms. The number of hydrogen-bond donors (Lipinski definition) is 2. The molecular formula is C18H29ClN2O4. The minimum Gasteiger partial charge on any atom is -0.491 e. The lowest BCUT2D eigenvalue weighted by molar-refractivity contribution is -0.146. The molecule has 6 nitrogen and oxygen atoms in total. The van der Waals surface area contributed by atoms with E-state index in [1.54, 1.807) is 14.2 Å². The van der Waals surface area contributed by atoms with Crippen molar-refractivity contribution in [1.82, 2.24) is 10.6 Å². The monoisotopic (exact) mass is 372 g/mol. The molecule has 0 aliphatic carbocycles. The zero-order valence-corrected chi connectivity index (χ0v) is 16.0. The molecule has 0 spiro atoms. The highest BCUT2D eigenvalue weighted by molar-refractivity contribution is 5.85. The van der Waals surface area contributed by atoms with Crippen LogP contribution in [0.15, 0.2) is 18.2 Å². The zero-order chi connectivity index (χ0) is 17.4. The van der Waals surface area contributed by atoms with Gasteiger partial charge in [0.1, 0.15) is 18.0 Å². The van der Waals surface area contributed by atoms with Crippen LogP contribution in [0.3, 0.4) is 0 Å². The van der Waals surface area contributed by atoms with Gasteiger partial charge in [-0.3, -0.25) is 4.79 Å². The molecule has 25 heavy (non-hydrogen) atoms. The van der Waals surface area contributed by atoms with Crippen molar-refractivity contribution in [2.45, 2.75) is 31.9 Å². The van der Waals surface area contributed by atoms with E-state index in [-0.39, 0.29) is 18.3 Å². The van der Waals surface area contributed by atoms with E-state index in [1.165, 1.54) is 0 Å². The molecule has 0 bridgehead atoms. The number of amides is 1. The Hall–Kier alpha value is -1.34. The smallest absolute Gasteiger partial charge is 0.252 e. The molecule has 0 aromatic heterocycles. The van der Waals surface area contributed by atoms with Gasteiger partial charge in [0.25, 0.3) is 5.91 Å². The van der Waals surface area contributed by atoms with E-state index in [2.05, 4.69) is 10.6 Å². The number of ether oxygens (including phenoxy) is 3. The van der Waals surface area contributed by atoms with Gasteiger partial charge in [0.05, 0.1) is 6.61 Å². The summed E-state index contributed by atoms with van der Waals surface area (Å²) in [4.78, 5) is 12.6. The van der Waals surface area contributed by atoms with E-state index >= 15 is 0 Å². The van der Waals surface area contributed by atoms with Crippen molar-refractivity contribution < 1.29 is 19.0 Å². The van der Waals surface area contributed by atoms with Gasteiger partial charge in [-0.1, -0.05) is 12.1 Å². The normalized spacial score (nSPS) is 16.0. The van der Waals surface area contributed by atoms with E-state index in [0.29, 0.717) is 32.6 Å². The number of piperidine rings is 1. The molecule has 1 saturated heterocycles. The largest absolute Gasteiger partial charge is 0.491 e. The zero-order valence-electron chi connectivity index (χ0n) is 15.2. The molecule has 0 saturated carbocycles. The summed E-state index contributed by atoms with van der Waals surface area (Å²) >= 11 is 0. The van der Waals surface area contributed by atoms with Crippen molar-refractivity contribution in [3.63, 3.8) is 0 Å². The van der Waals surface area contributed by atoms with Gasteiger partial charge < -0.3 is 24.8 Å². The lowest BCUT2D eigenvalue weighted by atomic mass is 9.91. The van der Waals surface area contributed by atoms with Gasteiger partial charge >= 0.3 is 0 Å². The van der Waals surface area contributed by atoms with Crippen molar-refractivity contribution in [2.75, 3.05) is 40.5 Å². The molecule has 1 fully saturated rings. The summed E-state index contributed by atoms with van der Waals surface area (Å²) in [5.74, 6) is 0.721. The molecule has 0 unspecified atom stereocenters. The third kappa shape index (κ3) is 5.85. The Kier molecular flexibility index (Phi) is 9.21. The number of rotatable bonds is 8. The Morgan fingerprint density at radius 2 is 1.96 bits per heavy atom. The SMILES string of the molecule is COCCOc1cc(C)ccc1CNC(=O)C1(OC)CCNCC1.Cl. The molecule has 0 radical (unpaired) electrons. The fraction of sp³-hybridized carbons (Fsp3) is 0.611. The summed E-state index contributed by atoms with van der Waals surface area (Å²) in [5.41, 5.74) is 1.34. The van der Waals surface area contributed by atoms with Crippen molar-refractivity contribution in [2.24, 2.45) is 0 Å². The van der Waals surface area contributed by atoms with Gasteiger partial charge in [-0.25, -0.2) is 0 Å². The van der Waals surface area contributed by atoms with Crippen molar-refractivity contribution >= 4 is 18.3 Å². The highest BCUT2D eigenvalue weighted by Gasteiger charge is 2.39. The van der Waals surface area contributed by atoms with E-state index in [4.69, 9.17) is 14.2 Å². The van der Waals surface area contributed by atoms with Crippen LogP contribution < -0.4 is 15.4 Å². The Bertz CT molecular complexity index is 548. The highest BCUT2D eigenvalue weighted by Crippen LogP contribution is 2.24. The summed E-state index contributed by atoms with van der Waals surface area (Å²) in [5, 5.41) is 6.26. The maximum absolute atomic E-state index is 12.6. The molecule has 1 amide bonds. The molecule has 1 heterocycles. The molecular weight excluding hydrogens is 344 g/mol. The van der Waals surface area contributed by atoms with Gasteiger partial charge in [0, 0.05) is 26.3 Å². The van der Waals surface area contributed by atoms with Crippen LogP contribution in [0, 0.1) is 6.92 Å². The summed E-state index contributed by atoms with van der Waals surface area (Å²) < 4.78 is 16.3. The average molecular weight is 373 g/mol. The predicted molar refractivity (Wildman–Crippen MR) is 99.5 cm³/mol. The molecule has 0 atom stereocenters. The molecule has 1 aliphatic heterocycles. The Balaban J connectivity index is 0.00000312. The number of hydrogen-bond acceptors (Lipinski definition) is 5. The number of aryl methyl sites for hydroxylation is 1. The van der Waals surface area contributed by atoms with Crippen LogP contribution in [0.1, 0.15) is 24.0 Å². The lowest BCUT2D eigenvalue weighted by Crippen LogP contribution is -2.53. The molecule has 2 rings (SSSR count). The van der Waals surface area contributed by atoms with Crippen molar-refractivity contribution in [3.8, 4) is 5.75 Å². The minimum atomic E-state index is -0.729. The first kappa shape index (κ1) is 21.7. The van der Waals surface area contributed by atoms with Gasteiger partial charge in [-0.15, -0.1) is 12.4 Å². The first-order valence-electron chi connectivity index (χ1n) is 8.37. The van der Waals surface area contributed by atoms with E-state index in [1.807, 2.05) is 25.1 Å². The summed E-state index contributed by atoms with van der Waals surface area (Å²) in [6.07, 6.45) is 1.36. The van der Waals surface area contributed by atoms with Crippen LogP contribution in [0.4, 0.5) is 0 Å². The van der Waals surface area contributed by atoms with Crippen LogP contribution in [-0.2, 0) is 20.8 Å². The van der Waals surface area contributed by atoms with E-state index in [9.17, 15) is 4.79 Å². The highest BCUT2D eigenvalue weighted by atomic mass is 35.5. The predicted octanol–water partition coefficient (Wildman–Crippen LogP) is 1.83. The number of carbonyl (C=O) groups is 1. The van der Waals surface area contributed by atoms with Crippen molar-refractivity contribution in [1.29, 1.82) is 0 Å². The van der Waals surface area contributed by atoms with Crippen LogP contribution >= 0.6 is 12.4 Å². The molecule has 1 aromatic rings. The Labute approximate surface area is 156 Å². The second-order valence-corrected chi connectivity index (χ2v) is 6.08. The number of nitrogens with one attached hydrogen (secondary N) is 2. The summed E-state index contributed by atoms with van der Waals surface area (Å²) in [6, 6.07) is 5.98. The molecule has 2 N–H and O–H groups in total. The first-order chi connectivity index (χ1) is 11.6. The van der Waals surface area contributed by atoms with Crippen LogP contribution in [0.2, 0.25) is 0 Å². The second kappa shape index (κ2) is 10.6. The van der Waals surface area contributed by atoms with Crippen LogP contribution in [0.5, 0.6) is 5.75 Å². The average Bonchev–Trinajstić information content (AvgIpc) is 2.61. The van der Waals surface area contributed by atoms with Gasteiger partial charge in [-0.2, -0.15) is 0 Å². The fourth-order valence-electron chi connectivity index (χ4n) is 2.87. The third-order valence-corrected chi connectivity index (χ3v) is 4.42. The second-order valence-electron chi connectivity index (χ2n) is 6.08. The summed E-state index contributed by atoms with van der Waals surface area (Å²) in [6.45, 7) is 5.02. The lowest BCUT2D eigenvalue weighted by Gasteiger charge is -2.34. The molecule has 1 aliphatic rings. The van der Waals surface area contributed by atoms with Gasteiger partial charge in [0.15, 0.2) is 0 Å². The number of benzene rings is 1. The number of carbonyl (C=O) groups excluding carboxylic acids is 1.